The summed E-state index contributed by atoms with van der Waals surface area (Å²) in [6, 6.07) is 3.33. The van der Waals surface area contributed by atoms with E-state index in [1.807, 2.05) is 0 Å². The number of halogens is 1. The summed E-state index contributed by atoms with van der Waals surface area (Å²) in [4.78, 5) is 30.8. The van der Waals surface area contributed by atoms with Crippen LogP contribution in [0.2, 0.25) is 5.02 Å². The molecule has 0 bridgehead atoms. The summed E-state index contributed by atoms with van der Waals surface area (Å²) in [5, 5.41) is 15.2. The van der Waals surface area contributed by atoms with Crippen LogP contribution in [0.4, 0.5) is 5.82 Å². The Labute approximate surface area is 165 Å². The topological polar surface area (TPSA) is 106 Å². The molecule has 1 N–H and O–H groups in total. The van der Waals surface area contributed by atoms with Gasteiger partial charge in [-0.05, 0) is 35.4 Å². The molecule has 1 atom stereocenters. The fourth-order valence-corrected chi connectivity index (χ4v) is 3.72. The minimum absolute atomic E-state index is 0.0414. The number of aromatic nitrogens is 5. The molecule has 1 fully saturated rings. The van der Waals surface area contributed by atoms with Gasteiger partial charge in [-0.15, -0.1) is 5.10 Å². The van der Waals surface area contributed by atoms with Gasteiger partial charge in [0.2, 0.25) is 17.0 Å². The Morgan fingerprint density at radius 1 is 1.41 bits per heavy atom. The first-order chi connectivity index (χ1) is 13.0. The van der Waals surface area contributed by atoms with Crippen LogP contribution in [0.1, 0.15) is 19.3 Å². The first-order valence-corrected chi connectivity index (χ1v) is 9.94. The first-order valence-electron chi connectivity index (χ1n) is 8.58. The van der Waals surface area contributed by atoms with E-state index in [9.17, 15) is 9.59 Å². The molecule has 1 unspecified atom stereocenters. The lowest BCUT2D eigenvalue weighted by atomic mass is 9.97. The molecule has 11 heteroatoms. The number of thioether (sulfide) groups is 1. The van der Waals surface area contributed by atoms with E-state index >= 15 is 0 Å². The Morgan fingerprint density at radius 2 is 2.26 bits per heavy atom. The highest BCUT2D eigenvalue weighted by atomic mass is 35.5. The second-order valence-corrected chi connectivity index (χ2v) is 7.71. The van der Waals surface area contributed by atoms with Crippen molar-refractivity contribution in [3.8, 4) is 0 Å². The predicted octanol–water partition coefficient (Wildman–Crippen LogP) is 1.62. The van der Waals surface area contributed by atoms with Gasteiger partial charge in [0.25, 0.3) is 0 Å². The predicted molar refractivity (Wildman–Crippen MR) is 101 cm³/mol. The van der Waals surface area contributed by atoms with E-state index in [0.29, 0.717) is 41.3 Å². The Bertz CT molecular complexity index is 798. The van der Waals surface area contributed by atoms with Gasteiger partial charge in [-0.3, -0.25) is 9.59 Å². The Balaban J connectivity index is 1.47. The zero-order valence-electron chi connectivity index (χ0n) is 14.8. The highest BCUT2D eigenvalue weighted by Gasteiger charge is 2.28. The Morgan fingerprint density at radius 3 is 2.96 bits per heavy atom. The zero-order valence-corrected chi connectivity index (χ0v) is 16.4. The average Bonchev–Trinajstić information content (AvgIpc) is 3.08. The second-order valence-electron chi connectivity index (χ2n) is 6.21. The number of carbonyl (C=O) groups is 2. The molecular weight excluding hydrogens is 390 g/mol. The van der Waals surface area contributed by atoms with Gasteiger partial charge >= 0.3 is 0 Å². The van der Waals surface area contributed by atoms with Gasteiger partial charge in [0, 0.05) is 38.5 Å². The van der Waals surface area contributed by atoms with Gasteiger partial charge < -0.3 is 10.2 Å². The highest BCUT2D eigenvalue weighted by molar-refractivity contribution is 7.99. The molecule has 3 rings (SSSR count). The Hall–Kier alpha value is -2.20. The van der Waals surface area contributed by atoms with Crippen molar-refractivity contribution in [3.63, 3.8) is 0 Å². The molecule has 0 saturated carbocycles. The van der Waals surface area contributed by atoms with Crippen LogP contribution in [0.15, 0.2) is 23.5 Å². The van der Waals surface area contributed by atoms with Crippen LogP contribution in [0, 0.1) is 5.92 Å². The van der Waals surface area contributed by atoms with Gasteiger partial charge in [0.05, 0.1) is 10.9 Å². The summed E-state index contributed by atoms with van der Waals surface area (Å²) in [6.07, 6.45) is 3.42. The number of aryl methyl sites for hydroxylation is 1. The van der Waals surface area contributed by atoms with E-state index in [4.69, 9.17) is 11.6 Å². The molecule has 1 saturated heterocycles. The Kier molecular flexibility index (Phi) is 6.62. The maximum Gasteiger partial charge on any atom is 0.230 e. The van der Waals surface area contributed by atoms with Gasteiger partial charge in [0.15, 0.2) is 0 Å². The number of likely N-dealkylation sites (tertiary alicyclic amines) is 1. The quantitative estimate of drug-likeness (QED) is 0.722. The van der Waals surface area contributed by atoms with Crippen LogP contribution in [0.5, 0.6) is 0 Å². The van der Waals surface area contributed by atoms with Crippen molar-refractivity contribution in [2.45, 2.75) is 24.4 Å². The summed E-state index contributed by atoms with van der Waals surface area (Å²) in [5.41, 5.74) is 0. The summed E-state index contributed by atoms with van der Waals surface area (Å²) in [7, 11) is 1.76. The number of hydrogen-bond acceptors (Lipinski definition) is 7. The number of nitrogens with zero attached hydrogens (tertiary/aromatic N) is 6. The lowest BCUT2D eigenvalue weighted by Crippen LogP contribution is -2.43. The van der Waals surface area contributed by atoms with Crippen LogP contribution >= 0.6 is 23.4 Å². The van der Waals surface area contributed by atoms with Crippen LogP contribution < -0.4 is 5.32 Å². The van der Waals surface area contributed by atoms with Crippen LogP contribution in [-0.4, -0.2) is 60.7 Å². The molecule has 0 aliphatic carbocycles. The molecule has 1 aliphatic rings. The summed E-state index contributed by atoms with van der Waals surface area (Å²) < 4.78 is 1.57. The van der Waals surface area contributed by atoms with E-state index < -0.39 is 0 Å². The molecule has 2 amide bonds. The van der Waals surface area contributed by atoms with Gasteiger partial charge in [0.1, 0.15) is 5.82 Å². The van der Waals surface area contributed by atoms with E-state index in [2.05, 4.69) is 25.8 Å². The molecule has 0 radical (unpaired) electrons. The largest absolute Gasteiger partial charge is 0.342 e. The second kappa shape index (κ2) is 9.14. The van der Waals surface area contributed by atoms with Gasteiger partial charge in [-0.25, -0.2) is 9.67 Å². The van der Waals surface area contributed by atoms with Crippen molar-refractivity contribution in [1.82, 2.24) is 30.1 Å². The zero-order chi connectivity index (χ0) is 19.2. The third-order valence-corrected chi connectivity index (χ3v) is 5.49. The average molecular weight is 410 g/mol. The van der Waals surface area contributed by atoms with Crippen molar-refractivity contribution in [2.24, 2.45) is 13.0 Å². The number of carbonyl (C=O) groups excluding carboxylic acids is 2. The SMILES string of the molecule is Cn1nnnc1SCCC(=O)N1CCCC(C(=O)Nc2ccc(Cl)cn2)C1. The van der Waals surface area contributed by atoms with E-state index in [-0.39, 0.29) is 17.7 Å². The number of hydrogen-bond donors (Lipinski definition) is 1. The molecule has 0 spiro atoms. The fourth-order valence-electron chi connectivity index (χ4n) is 2.83. The maximum absolute atomic E-state index is 12.5. The molecule has 1 aliphatic heterocycles. The van der Waals surface area contributed by atoms with Gasteiger partial charge in [-0.2, -0.15) is 0 Å². The third kappa shape index (κ3) is 5.39. The monoisotopic (exact) mass is 409 g/mol. The lowest BCUT2D eigenvalue weighted by Gasteiger charge is -2.32. The van der Waals surface area contributed by atoms with Gasteiger partial charge in [-0.1, -0.05) is 23.4 Å². The number of piperidine rings is 1. The van der Waals surface area contributed by atoms with Crippen LogP contribution in [0.25, 0.3) is 0 Å². The standard InChI is InChI=1S/C16H20ClN7O2S/c1-23-16(20-21-22-23)27-8-6-14(25)24-7-2-3-11(10-24)15(26)19-13-5-4-12(17)9-18-13/h4-5,9,11H,2-3,6-8,10H2,1H3,(H,18,19,26). The molecule has 27 heavy (non-hydrogen) atoms. The van der Waals surface area contributed by atoms with Crippen LogP contribution in [-0.2, 0) is 16.6 Å². The molecule has 2 aromatic heterocycles. The molecule has 9 nitrogen and oxygen atoms in total. The number of tetrazole rings is 1. The molecule has 144 valence electrons. The summed E-state index contributed by atoms with van der Waals surface area (Å²) >= 11 is 7.24. The maximum atomic E-state index is 12.5. The van der Waals surface area contributed by atoms with Crippen molar-refractivity contribution in [2.75, 3.05) is 24.2 Å². The normalized spacial score (nSPS) is 17.0. The molecule has 3 heterocycles. The van der Waals surface area contributed by atoms with Crippen molar-refractivity contribution in [1.29, 1.82) is 0 Å². The molecule has 2 aromatic rings. The third-order valence-electron chi connectivity index (χ3n) is 4.25. The fraction of sp³-hybridized carbons (Fsp3) is 0.500. The van der Waals surface area contributed by atoms with Crippen molar-refractivity contribution in [3.05, 3.63) is 23.4 Å². The number of pyridine rings is 1. The summed E-state index contributed by atoms with van der Waals surface area (Å²) in [5.74, 6) is 0.730. The van der Waals surface area contributed by atoms with E-state index in [1.54, 1.807) is 28.8 Å². The molecular formula is C16H20ClN7O2S. The number of rotatable bonds is 6. The van der Waals surface area contributed by atoms with E-state index in [0.717, 1.165) is 12.8 Å². The first kappa shape index (κ1) is 19.6. The lowest BCUT2D eigenvalue weighted by molar-refractivity contribution is -0.134. The van der Waals surface area contributed by atoms with Crippen LogP contribution in [0.3, 0.4) is 0 Å². The summed E-state index contributed by atoms with van der Waals surface area (Å²) in [6.45, 7) is 1.10. The smallest absolute Gasteiger partial charge is 0.230 e. The number of amides is 2. The van der Waals surface area contributed by atoms with E-state index in [1.165, 1.54) is 18.0 Å². The van der Waals surface area contributed by atoms with Crippen molar-refractivity contribution < 1.29 is 9.59 Å². The molecule has 0 aromatic carbocycles. The van der Waals surface area contributed by atoms with Crippen molar-refractivity contribution >= 4 is 41.0 Å². The minimum atomic E-state index is -0.240. The number of nitrogens with one attached hydrogen (secondary N) is 1. The highest BCUT2D eigenvalue weighted by Crippen LogP contribution is 2.21. The minimum Gasteiger partial charge on any atom is -0.342 e. The number of anilines is 1.